The smallest absolute Gasteiger partial charge is 0.232 e. The van der Waals surface area contributed by atoms with Crippen LogP contribution in [0.3, 0.4) is 0 Å². The molecule has 5 heteroatoms. The highest BCUT2D eigenvalue weighted by atomic mass is 32.2. The number of carbonyl (C=O) groups excluding carboxylic acids is 1. The van der Waals surface area contributed by atoms with Gasteiger partial charge >= 0.3 is 0 Å². The van der Waals surface area contributed by atoms with Crippen LogP contribution >= 0.6 is 11.8 Å². The topological polar surface area (TPSA) is 20.3 Å². The maximum absolute atomic E-state index is 13.6. The molecule has 2 nitrogen and oxygen atoms in total. The summed E-state index contributed by atoms with van der Waals surface area (Å²) < 4.78 is 26.5. The largest absolute Gasteiger partial charge is 0.342 e. The Kier molecular flexibility index (Phi) is 6.03. The minimum absolute atomic E-state index is 0.195. The van der Waals surface area contributed by atoms with E-state index in [9.17, 15) is 13.6 Å². The maximum atomic E-state index is 13.6. The van der Waals surface area contributed by atoms with Crippen molar-refractivity contribution >= 4 is 17.7 Å². The lowest BCUT2D eigenvalue weighted by Gasteiger charge is -2.32. The Morgan fingerprint density at radius 1 is 1.43 bits per heavy atom. The summed E-state index contributed by atoms with van der Waals surface area (Å²) in [5, 5.41) is 0. The quantitative estimate of drug-likeness (QED) is 0.829. The third kappa shape index (κ3) is 4.70. The van der Waals surface area contributed by atoms with Crippen LogP contribution in [0, 0.1) is 17.6 Å². The first-order valence-electron chi connectivity index (χ1n) is 7.30. The van der Waals surface area contributed by atoms with Crippen LogP contribution in [0.25, 0.3) is 0 Å². The Morgan fingerprint density at radius 3 is 2.95 bits per heavy atom. The van der Waals surface area contributed by atoms with Crippen LogP contribution in [0.2, 0.25) is 0 Å². The van der Waals surface area contributed by atoms with Gasteiger partial charge in [-0.15, -0.1) is 0 Å². The molecule has 0 aliphatic carbocycles. The number of nitrogens with zero attached hydrogens (tertiary/aromatic N) is 1. The van der Waals surface area contributed by atoms with Gasteiger partial charge in [0.05, 0.1) is 5.75 Å². The van der Waals surface area contributed by atoms with Crippen LogP contribution in [0.1, 0.15) is 24.8 Å². The van der Waals surface area contributed by atoms with Crippen molar-refractivity contribution in [2.75, 3.05) is 25.1 Å². The van der Waals surface area contributed by atoms with E-state index in [0.29, 0.717) is 23.7 Å². The van der Waals surface area contributed by atoms with E-state index in [-0.39, 0.29) is 5.91 Å². The van der Waals surface area contributed by atoms with Crippen molar-refractivity contribution in [3.8, 4) is 0 Å². The lowest BCUT2D eigenvalue weighted by Crippen LogP contribution is -2.41. The lowest BCUT2D eigenvalue weighted by atomic mass is 9.91. The van der Waals surface area contributed by atoms with Crippen molar-refractivity contribution < 1.29 is 13.6 Å². The number of rotatable bonds is 5. The molecule has 0 aromatic heterocycles. The molecule has 1 amide bonds. The molecule has 1 heterocycles. The molecule has 1 saturated heterocycles. The Hall–Kier alpha value is -1.10. The highest BCUT2D eigenvalue weighted by Crippen LogP contribution is 2.23. The molecule has 21 heavy (non-hydrogen) atoms. The number of piperidine rings is 1. The molecule has 0 bridgehead atoms. The molecule has 1 aliphatic rings. The molecule has 1 atom stereocenters. The third-order valence-corrected chi connectivity index (χ3v) is 4.51. The van der Waals surface area contributed by atoms with Gasteiger partial charge in [0.2, 0.25) is 5.91 Å². The fraction of sp³-hybridized carbons (Fsp3) is 0.562. The normalized spacial score (nSPS) is 18.8. The summed E-state index contributed by atoms with van der Waals surface area (Å²) in [4.78, 5) is 13.8. The molecule has 0 N–H and O–H groups in total. The van der Waals surface area contributed by atoms with Crippen molar-refractivity contribution in [1.82, 2.24) is 4.90 Å². The van der Waals surface area contributed by atoms with E-state index >= 15 is 0 Å². The van der Waals surface area contributed by atoms with Crippen molar-refractivity contribution in [2.24, 2.45) is 5.92 Å². The first-order chi connectivity index (χ1) is 10.1. The maximum Gasteiger partial charge on any atom is 0.232 e. The molecular formula is C16H21F2NOS. The van der Waals surface area contributed by atoms with E-state index in [0.717, 1.165) is 38.4 Å². The first-order valence-corrected chi connectivity index (χ1v) is 8.70. The predicted octanol–water partition coefficient (Wildman–Crippen LogP) is 3.50. The summed E-state index contributed by atoms with van der Waals surface area (Å²) in [6.07, 6.45) is 5.45. The van der Waals surface area contributed by atoms with Gasteiger partial charge in [0.1, 0.15) is 11.6 Å². The second-order valence-electron chi connectivity index (χ2n) is 5.56. The Morgan fingerprint density at radius 2 is 2.24 bits per heavy atom. The van der Waals surface area contributed by atoms with Gasteiger partial charge in [-0.3, -0.25) is 4.79 Å². The summed E-state index contributed by atoms with van der Waals surface area (Å²) >= 11 is 1.54. The van der Waals surface area contributed by atoms with Gasteiger partial charge in [-0.25, -0.2) is 8.78 Å². The summed E-state index contributed by atoms with van der Waals surface area (Å²) in [5.74, 6) is 0.123. The number of halogens is 2. The van der Waals surface area contributed by atoms with E-state index in [1.54, 1.807) is 11.8 Å². The molecule has 1 aliphatic heterocycles. The monoisotopic (exact) mass is 313 g/mol. The summed E-state index contributed by atoms with van der Waals surface area (Å²) in [7, 11) is 0. The number of thioether (sulfide) groups is 1. The molecule has 0 saturated carbocycles. The zero-order valence-electron chi connectivity index (χ0n) is 12.3. The highest BCUT2D eigenvalue weighted by molar-refractivity contribution is 7.99. The molecule has 0 spiro atoms. The summed E-state index contributed by atoms with van der Waals surface area (Å²) in [6.45, 7) is 1.60. The zero-order chi connectivity index (χ0) is 15.2. The lowest BCUT2D eigenvalue weighted by molar-refractivity contribution is -0.130. The van der Waals surface area contributed by atoms with Gasteiger partial charge in [-0.05, 0) is 49.5 Å². The van der Waals surface area contributed by atoms with Crippen LogP contribution in [0.15, 0.2) is 18.2 Å². The second-order valence-corrected chi connectivity index (χ2v) is 6.42. The average molecular weight is 313 g/mol. The molecule has 116 valence electrons. The molecule has 1 unspecified atom stereocenters. The molecule has 1 fully saturated rings. The fourth-order valence-electron chi connectivity index (χ4n) is 2.83. The van der Waals surface area contributed by atoms with Gasteiger partial charge in [-0.2, -0.15) is 11.8 Å². The zero-order valence-corrected chi connectivity index (χ0v) is 13.1. The average Bonchev–Trinajstić information content (AvgIpc) is 2.47. The second kappa shape index (κ2) is 7.78. The molecule has 1 aromatic carbocycles. The SMILES string of the molecule is CSCC(=O)N1CCCC(CCc2ccc(F)cc2F)C1. The van der Waals surface area contributed by atoms with Crippen LogP contribution in [0.5, 0.6) is 0 Å². The van der Waals surface area contributed by atoms with Gasteiger partial charge in [0.15, 0.2) is 0 Å². The standard InChI is InChI=1S/C16H21F2NOS/c1-21-11-16(20)19-8-2-3-12(10-19)4-5-13-6-7-14(17)9-15(13)18/h6-7,9,12H,2-5,8,10-11H2,1H3. The number of benzene rings is 1. The van der Waals surface area contributed by atoms with Crippen LogP contribution in [0.4, 0.5) is 8.78 Å². The van der Waals surface area contributed by atoms with Gasteiger partial charge in [0.25, 0.3) is 0 Å². The van der Waals surface area contributed by atoms with E-state index in [1.165, 1.54) is 12.1 Å². The Bertz CT molecular complexity index is 495. The van der Waals surface area contributed by atoms with Crippen molar-refractivity contribution in [3.05, 3.63) is 35.4 Å². The van der Waals surface area contributed by atoms with Gasteiger partial charge < -0.3 is 4.90 Å². The minimum atomic E-state index is -0.539. The van der Waals surface area contributed by atoms with Crippen molar-refractivity contribution in [1.29, 1.82) is 0 Å². The van der Waals surface area contributed by atoms with E-state index in [2.05, 4.69) is 0 Å². The van der Waals surface area contributed by atoms with Gasteiger partial charge in [0, 0.05) is 19.2 Å². The summed E-state index contributed by atoms with van der Waals surface area (Å²) in [5.41, 5.74) is 0.559. The van der Waals surface area contributed by atoms with E-state index < -0.39 is 11.6 Å². The number of aryl methyl sites for hydroxylation is 1. The molecular weight excluding hydrogens is 292 g/mol. The fourth-order valence-corrected chi connectivity index (χ4v) is 3.26. The number of hydrogen-bond donors (Lipinski definition) is 0. The van der Waals surface area contributed by atoms with Crippen molar-refractivity contribution in [3.63, 3.8) is 0 Å². The molecule has 1 aromatic rings. The van der Waals surface area contributed by atoms with Crippen LogP contribution in [-0.2, 0) is 11.2 Å². The molecule has 2 rings (SSSR count). The third-order valence-electron chi connectivity index (χ3n) is 3.98. The van der Waals surface area contributed by atoms with Crippen LogP contribution < -0.4 is 0 Å². The number of carbonyl (C=O) groups is 1. The summed E-state index contributed by atoms with van der Waals surface area (Å²) in [6, 6.07) is 3.75. The van der Waals surface area contributed by atoms with Crippen molar-refractivity contribution in [2.45, 2.75) is 25.7 Å². The van der Waals surface area contributed by atoms with Crippen LogP contribution in [-0.4, -0.2) is 35.9 Å². The Labute approximate surface area is 128 Å². The van der Waals surface area contributed by atoms with E-state index in [4.69, 9.17) is 0 Å². The van der Waals surface area contributed by atoms with E-state index in [1.807, 2.05) is 11.2 Å². The number of amides is 1. The predicted molar refractivity (Wildman–Crippen MR) is 82.4 cm³/mol. The highest BCUT2D eigenvalue weighted by Gasteiger charge is 2.23. The number of likely N-dealkylation sites (tertiary alicyclic amines) is 1. The van der Waals surface area contributed by atoms with Gasteiger partial charge in [-0.1, -0.05) is 6.07 Å². The minimum Gasteiger partial charge on any atom is -0.342 e. The first kappa shape index (κ1) is 16.3. The molecule has 0 radical (unpaired) electrons. The Balaban J connectivity index is 1.86. The number of hydrogen-bond acceptors (Lipinski definition) is 2.